The third-order valence-electron chi connectivity index (χ3n) is 8.21. The van der Waals surface area contributed by atoms with Crippen molar-refractivity contribution in [1.82, 2.24) is 20.1 Å². The van der Waals surface area contributed by atoms with E-state index in [1.165, 1.54) is 10.9 Å². The molecule has 2 aromatic carbocycles. The number of aromatic nitrogens is 1. The Morgan fingerprint density at radius 3 is 2.50 bits per heavy atom. The molecule has 1 aliphatic heterocycles. The van der Waals surface area contributed by atoms with Crippen LogP contribution in [0.3, 0.4) is 0 Å². The van der Waals surface area contributed by atoms with E-state index in [0.29, 0.717) is 37.9 Å². The molecule has 2 amide bonds. The highest BCUT2D eigenvalue weighted by molar-refractivity contribution is 5.99. The van der Waals surface area contributed by atoms with Gasteiger partial charge in [-0.15, -0.1) is 0 Å². The highest BCUT2D eigenvalue weighted by Gasteiger charge is 2.46. The largest absolute Gasteiger partial charge is 0.379 e. The van der Waals surface area contributed by atoms with E-state index in [1.807, 2.05) is 53.6 Å². The number of fused-ring (bicyclic) bond motifs is 1. The molecule has 7 nitrogen and oxygen atoms in total. The summed E-state index contributed by atoms with van der Waals surface area (Å²) in [6, 6.07) is 17.7. The van der Waals surface area contributed by atoms with Gasteiger partial charge < -0.3 is 19.9 Å². The fourth-order valence-electron chi connectivity index (χ4n) is 6.07. The summed E-state index contributed by atoms with van der Waals surface area (Å²) in [4.78, 5) is 35.7. The van der Waals surface area contributed by atoms with Crippen LogP contribution in [0.15, 0.2) is 60.8 Å². The first-order valence-corrected chi connectivity index (χ1v) is 14.2. The molecule has 0 spiro atoms. The second-order valence-corrected chi connectivity index (χ2v) is 10.6. The maximum atomic E-state index is 14.0. The molecule has 3 aromatic rings. The van der Waals surface area contributed by atoms with Crippen molar-refractivity contribution in [3.8, 4) is 0 Å². The van der Waals surface area contributed by atoms with E-state index < -0.39 is 5.54 Å². The number of morpholine rings is 1. The van der Waals surface area contributed by atoms with Gasteiger partial charge in [-0.25, -0.2) is 0 Å². The average Bonchev–Trinajstić information content (AvgIpc) is 3.39. The van der Waals surface area contributed by atoms with Crippen LogP contribution in [-0.4, -0.2) is 78.1 Å². The number of hydrogen-bond acceptors (Lipinski definition) is 4. The van der Waals surface area contributed by atoms with Crippen molar-refractivity contribution < 1.29 is 14.3 Å². The second-order valence-electron chi connectivity index (χ2n) is 10.6. The minimum Gasteiger partial charge on any atom is -0.379 e. The summed E-state index contributed by atoms with van der Waals surface area (Å²) in [6.07, 6.45) is 8.03. The van der Waals surface area contributed by atoms with Crippen molar-refractivity contribution in [3.05, 3.63) is 71.9 Å². The van der Waals surface area contributed by atoms with Crippen LogP contribution in [-0.2, 0) is 16.0 Å². The molecule has 1 aromatic heterocycles. The number of aromatic amines is 1. The normalized spacial score (nSPS) is 17.8. The summed E-state index contributed by atoms with van der Waals surface area (Å²) < 4.78 is 5.44. The molecule has 1 saturated carbocycles. The molecule has 2 N–H and O–H groups in total. The number of H-pyrrole nitrogens is 1. The van der Waals surface area contributed by atoms with Gasteiger partial charge in [-0.3, -0.25) is 14.5 Å². The van der Waals surface area contributed by atoms with E-state index in [0.717, 1.165) is 64.0 Å². The molecule has 0 atom stereocenters. The molecular weight excluding hydrogens is 476 g/mol. The Balaban J connectivity index is 1.35. The lowest BCUT2D eigenvalue weighted by Gasteiger charge is -2.45. The van der Waals surface area contributed by atoms with Crippen LogP contribution in [0, 0.1) is 0 Å². The molecule has 5 rings (SSSR count). The van der Waals surface area contributed by atoms with E-state index in [-0.39, 0.29) is 11.8 Å². The molecule has 7 heteroatoms. The Labute approximate surface area is 225 Å². The lowest BCUT2D eigenvalue weighted by molar-refractivity contribution is -0.134. The smallest absolute Gasteiger partial charge is 0.254 e. The number of amides is 2. The fourth-order valence-corrected chi connectivity index (χ4v) is 6.07. The van der Waals surface area contributed by atoms with Crippen LogP contribution in [0.2, 0.25) is 0 Å². The monoisotopic (exact) mass is 516 g/mol. The first-order valence-electron chi connectivity index (χ1n) is 14.2. The molecule has 2 fully saturated rings. The number of para-hydroxylation sites is 1. The maximum absolute atomic E-state index is 14.0. The van der Waals surface area contributed by atoms with Gasteiger partial charge in [0.25, 0.3) is 5.91 Å². The number of carbonyl (C=O) groups is 2. The Morgan fingerprint density at radius 1 is 0.974 bits per heavy atom. The van der Waals surface area contributed by atoms with Gasteiger partial charge in [-0.05, 0) is 56.0 Å². The Bertz CT molecular complexity index is 1200. The summed E-state index contributed by atoms with van der Waals surface area (Å²) in [5.74, 6) is -0.0572. The number of hydrogen-bond donors (Lipinski definition) is 2. The van der Waals surface area contributed by atoms with Crippen LogP contribution in [0.4, 0.5) is 0 Å². The molecule has 0 bridgehead atoms. The molecule has 2 aliphatic rings. The lowest BCUT2D eigenvalue weighted by Crippen LogP contribution is -2.62. The summed E-state index contributed by atoms with van der Waals surface area (Å²) in [6.45, 7) is 5.52. The highest BCUT2D eigenvalue weighted by atomic mass is 16.5. The van der Waals surface area contributed by atoms with Gasteiger partial charge in [0.15, 0.2) is 0 Å². The minimum absolute atomic E-state index is 0.00221. The zero-order valence-electron chi connectivity index (χ0n) is 22.3. The summed E-state index contributed by atoms with van der Waals surface area (Å²) in [5, 5.41) is 4.42. The minimum atomic E-state index is -0.823. The lowest BCUT2D eigenvalue weighted by atomic mass is 9.78. The van der Waals surface area contributed by atoms with E-state index in [4.69, 9.17) is 4.74 Å². The summed E-state index contributed by atoms with van der Waals surface area (Å²) in [5.41, 5.74) is 2.07. The molecule has 38 heavy (non-hydrogen) atoms. The van der Waals surface area contributed by atoms with Gasteiger partial charge in [0.2, 0.25) is 5.91 Å². The number of benzene rings is 2. The number of rotatable bonds is 10. The number of ether oxygens (including phenoxy) is 1. The van der Waals surface area contributed by atoms with Crippen molar-refractivity contribution in [1.29, 1.82) is 0 Å². The van der Waals surface area contributed by atoms with Crippen molar-refractivity contribution in [3.63, 3.8) is 0 Å². The highest BCUT2D eigenvalue weighted by Crippen LogP contribution is 2.36. The maximum Gasteiger partial charge on any atom is 0.254 e. The van der Waals surface area contributed by atoms with Crippen LogP contribution >= 0.6 is 0 Å². The van der Waals surface area contributed by atoms with Gasteiger partial charge in [-0.2, -0.15) is 0 Å². The van der Waals surface area contributed by atoms with Crippen molar-refractivity contribution in [2.45, 2.75) is 50.5 Å². The molecule has 1 aliphatic carbocycles. The third-order valence-corrected chi connectivity index (χ3v) is 8.21. The van der Waals surface area contributed by atoms with Gasteiger partial charge in [-0.1, -0.05) is 55.7 Å². The molecule has 1 saturated heterocycles. The second kappa shape index (κ2) is 12.6. The molecule has 0 radical (unpaired) electrons. The number of nitrogens with one attached hydrogen (secondary N) is 2. The first-order chi connectivity index (χ1) is 18.7. The number of carbonyl (C=O) groups excluding carboxylic acids is 2. The zero-order valence-corrected chi connectivity index (χ0v) is 22.3. The van der Waals surface area contributed by atoms with Crippen LogP contribution in [0.1, 0.15) is 54.4 Å². The van der Waals surface area contributed by atoms with E-state index in [2.05, 4.69) is 27.3 Å². The third kappa shape index (κ3) is 5.94. The standard InChI is InChI=1S/C31H40N4O3/c36-29(25-10-3-1-4-11-25)35(19-14-26-24-33-28-13-6-5-12-27(26)28)31(15-7-2-8-16-31)30(37)32-17-9-18-34-20-22-38-23-21-34/h1,3-6,10-13,24,33H,2,7-9,14-23H2,(H,32,37). The van der Waals surface area contributed by atoms with E-state index in [1.54, 1.807) is 0 Å². The zero-order chi connectivity index (χ0) is 26.2. The van der Waals surface area contributed by atoms with Gasteiger partial charge in [0.05, 0.1) is 13.2 Å². The Hall–Kier alpha value is -3.16. The molecule has 202 valence electrons. The quantitative estimate of drug-likeness (QED) is 0.392. The van der Waals surface area contributed by atoms with E-state index >= 15 is 0 Å². The van der Waals surface area contributed by atoms with Gasteiger partial charge >= 0.3 is 0 Å². The van der Waals surface area contributed by atoms with Crippen LogP contribution < -0.4 is 5.32 Å². The van der Waals surface area contributed by atoms with Crippen molar-refractivity contribution in [2.75, 3.05) is 45.9 Å². The topological polar surface area (TPSA) is 77.7 Å². The summed E-state index contributed by atoms with van der Waals surface area (Å²) >= 11 is 0. The predicted molar refractivity (Wildman–Crippen MR) is 150 cm³/mol. The van der Waals surface area contributed by atoms with Gasteiger partial charge in [0.1, 0.15) is 5.54 Å². The molecule has 2 heterocycles. The average molecular weight is 517 g/mol. The SMILES string of the molecule is O=C(c1ccccc1)N(CCc1c[nH]c2ccccc12)C1(C(=O)NCCCN2CCOCC2)CCCCC1. The van der Waals surface area contributed by atoms with Crippen molar-refractivity contribution >= 4 is 22.7 Å². The van der Waals surface area contributed by atoms with Crippen LogP contribution in [0.25, 0.3) is 10.9 Å². The Morgan fingerprint density at radius 2 is 1.71 bits per heavy atom. The first kappa shape index (κ1) is 26.4. The van der Waals surface area contributed by atoms with Gasteiger partial charge in [0, 0.05) is 48.8 Å². The summed E-state index contributed by atoms with van der Waals surface area (Å²) in [7, 11) is 0. The Kier molecular flexibility index (Phi) is 8.76. The fraction of sp³-hybridized carbons (Fsp3) is 0.484. The predicted octanol–water partition coefficient (Wildman–Crippen LogP) is 4.39. The van der Waals surface area contributed by atoms with E-state index in [9.17, 15) is 9.59 Å². The van der Waals surface area contributed by atoms with Crippen LogP contribution in [0.5, 0.6) is 0 Å². The molecule has 0 unspecified atom stereocenters. The molecular formula is C31H40N4O3. The number of nitrogens with zero attached hydrogens (tertiary/aromatic N) is 2. The van der Waals surface area contributed by atoms with Crippen molar-refractivity contribution in [2.24, 2.45) is 0 Å².